The van der Waals surface area contributed by atoms with Gasteiger partial charge in [-0.15, -0.1) is 0 Å². The van der Waals surface area contributed by atoms with Crippen LogP contribution in [0.25, 0.3) is 0 Å². The topological polar surface area (TPSA) is 89.6 Å². The third-order valence-corrected chi connectivity index (χ3v) is 0.365. The van der Waals surface area contributed by atoms with Crippen LogP contribution in [0.5, 0.6) is 0 Å². The first-order chi connectivity index (χ1) is 2.56. The molecule has 3 N–H and O–H groups in total. The van der Waals surface area contributed by atoms with Crippen molar-refractivity contribution in [2.45, 2.75) is 0 Å². The monoisotopic (exact) mass is 155 g/mol. The summed E-state index contributed by atoms with van der Waals surface area (Å²) in [6.07, 6.45) is 0. The van der Waals surface area contributed by atoms with Crippen molar-refractivity contribution in [1.82, 2.24) is 0 Å². The third kappa shape index (κ3) is 11.0. The van der Waals surface area contributed by atoms with Gasteiger partial charge in [-0.25, -0.2) is 0 Å². The molecule has 0 saturated carbocycles. The van der Waals surface area contributed by atoms with Gasteiger partial charge in [-0.1, -0.05) is 0 Å². The Morgan fingerprint density at radius 1 is 1.71 bits per heavy atom. The molecule has 0 heterocycles. The van der Waals surface area contributed by atoms with Crippen LogP contribution in [-0.2, 0) is 14.7 Å². The molecule has 5 nitrogen and oxygen atoms in total. The van der Waals surface area contributed by atoms with Gasteiger partial charge in [0.25, 0.3) is 0 Å². The van der Waals surface area contributed by atoms with E-state index in [0.29, 0.717) is 0 Å². The average Bonchev–Trinajstić information content (AvgIpc) is 1.35. The first-order valence-corrected chi connectivity index (χ1v) is 2.28. The van der Waals surface area contributed by atoms with E-state index < -0.39 is 10.4 Å². The van der Waals surface area contributed by atoms with E-state index in [1.54, 1.807) is 0 Å². The first kappa shape index (κ1) is 11.0. The Hall–Kier alpha value is 1.09. The van der Waals surface area contributed by atoms with Gasteiger partial charge in [-0.05, 0) is 0 Å². The Balaban J connectivity index is -0.0000000417. The zero-order valence-corrected chi connectivity index (χ0v) is 6.39. The Kier molecular flexibility index (Phi) is 6.29. The van der Waals surface area contributed by atoms with Crippen molar-refractivity contribution in [2.75, 3.05) is 0 Å². The molecule has 0 atom stereocenters. The summed E-state index contributed by atoms with van der Waals surface area (Å²) in [5.74, 6) is 3.97. The maximum Gasteiger partial charge on any atom is 2.00 e. The second kappa shape index (κ2) is 4.02. The minimum atomic E-state index is -4.38. The van der Waals surface area contributed by atoms with Crippen LogP contribution in [0.1, 0.15) is 2.85 Å². The molecule has 0 fully saturated rings. The van der Waals surface area contributed by atoms with E-state index in [0.717, 1.165) is 0 Å². The van der Waals surface area contributed by atoms with Crippen molar-refractivity contribution in [2.24, 2.45) is 5.90 Å². The van der Waals surface area contributed by atoms with Gasteiger partial charge in [0.15, 0.2) is 0 Å². The van der Waals surface area contributed by atoms with E-state index in [-0.39, 0.29) is 40.6 Å². The summed E-state index contributed by atoms with van der Waals surface area (Å²) in [6, 6.07) is 0. The Labute approximate surface area is 73.7 Å². The number of rotatable bonds is 1. The summed E-state index contributed by atoms with van der Waals surface area (Å²) >= 11 is 0. The molecule has 0 aliphatic rings. The summed E-state index contributed by atoms with van der Waals surface area (Å²) in [4.78, 5) is 0. The van der Waals surface area contributed by atoms with Gasteiger partial charge in [-0.3, -0.25) is 4.55 Å². The van der Waals surface area contributed by atoms with E-state index >= 15 is 0 Å². The molecular weight excluding hydrogens is 150 g/mol. The van der Waals surface area contributed by atoms with Crippen LogP contribution in [0.4, 0.5) is 0 Å². The van der Waals surface area contributed by atoms with E-state index in [1.807, 2.05) is 0 Å². The first-order valence-electron chi connectivity index (χ1n) is 0.918. The second-order valence-electron chi connectivity index (χ2n) is 0.524. The molecule has 0 saturated heterocycles. The minimum Gasteiger partial charge on any atom is -1.00 e. The fourth-order valence-electron chi connectivity index (χ4n) is 0. The van der Waals surface area contributed by atoms with Crippen LogP contribution < -0.4 is 5.90 Å². The fraction of sp³-hybridized carbons (Fsp3) is 0. The van der Waals surface area contributed by atoms with Crippen molar-refractivity contribution >= 4 is 48.1 Å². The largest absolute Gasteiger partial charge is 2.00 e. The second-order valence-corrected chi connectivity index (χ2v) is 1.57. The molecule has 0 unspecified atom stereocenters. The number of nitrogens with two attached hydrogens (primary N) is 1. The molecule has 0 aromatic heterocycles. The Morgan fingerprint density at radius 3 is 1.86 bits per heavy atom. The quantitative estimate of drug-likeness (QED) is 0.274. The van der Waals surface area contributed by atoms with Crippen LogP contribution in [0, 0.1) is 0 Å². The van der Waals surface area contributed by atoms with Crippen molar-refractivity contribution in [3.05, 3.63) is 0 Å². The molecule has 0 radical (unpaired) electrons. The van der Waals surface area contributed by atoms with Gasteiger partial charge < -0.3 is 2.85 Å². The average molecular weight is 155 g/mol. The van der Waals surface area contributed by atoms with Crippen LogP contribution in [0.15, 0.2) is 0 Å². The SMILES string of the molecule is NOS(=O)(=O)O.[Ca+2].[H-].[H-]. The number of hydrogen-bond donors (Lipinski definition) is 2. The molecular formula is H5CaNO4S. The molecule has 0 aromatic rings. The summed E-state index contributed by atoms with van der Waals surface area (Å²) in [7, 11) is -4.38. The normalized spacial score (nSPS) is 10.0. The van der Waals surface area contributed by atoms with E-state index in [9.17, 15) is 8.42 Å². The molecule has 7 heavy (non-hydrogen) atoms. The summed E-state index contributed by atoms with van der Waals surface area (Å²) < 4.78 is 28.8. The molecule has 42 valence electrons. The van der Waals surface area contributed by atoms with Crippen molar-refractivity contribution in [3.8, 4) is 0 Å². The van der Waals surface area contributed by atoms with Gasteiger partial charge in [0.1, 0.15) is 0 Å². The molecule has 0 rings (SSSR count). The van der Waals surface area contributed by atoms with Crippen LogP contribution in [0.2, 0.25) is 0 Å². The van der Waals surface area contributed by atoms with Crippen LogP contribution in [-0.4, -0.2) is 50.7 Å². The molecule has 0 aliphatic heterocycles. The molecule has 0 aromatic carbocycles. The summed E-state index contributed by atoms with van der Waals surface area (Å²) in [6.45, 7) is 0. The molecule has 0 aliphatic carbocycles. The van der Waals surface area contributed by atoms with Gasteiger partial charge in [0.05, 0.1) is 0 Å². The van der Waals surface area contributed by atoms with Gasteiger partial charge in [-0.2, -0.15) is 18.6 Å². The molecule has 0 bridgehead atoms. The van der Waals surface area contributed by atoms with Crippen molar-refractivity contribution in [3.63, 3.8) is 0 Å². The van der Waals surface area contributed by atoms with E-state index in [2.05, 4.69) is 10.2 Å². The van der Waals surface area contributed by atoms with Crippen LogP contribution in [0.3, 0.4) is 0 Å². The maximum absolute atomic E-state index is 9.21. The van der Waals surface area contributed by atoms with Gasteiger partial charge in [0.2, 0.25) is 0 Å². The van der Waals surface area contributed by atoms with Crippen molar-refractivity contribution in [1.29, 1.82) is 0 Å². The van der Waals surface area contributed by atoms with E-state index in [4.69, 9.17) is 4.55 Å². The molecule has 0 spiro atoms. The standard InChI is InChI=1S/Ca.H3NO4S.2H/c;1-5-6(2,3)4;;/h;1H2,(H,2,3,4);;/q+2;;2*-1. The van der Waals surface area contributed by atoms with E-state index in [1.165, 1.54) is 0 Å². The summed E-state index contributed by atoms with van der Waals surface area (Å²) in [5, 5.41) is 0. The predicted octanol–water partition coefficient (Wildman–Crippen LogP) is -1.48. The summed E-state index contributed by atoms with van der Waals surface area (Å²) in [5.41, 5.74) is 0. The van der Waals surface area contributed by atoms with Gasteiger partial charge in [0, 0.05) is 0 Å². The molecule has 7 heteroatoms. The Bertz CT molecular complexity index is 121. The molecule has 0 amide bonds. The Morgan fingerprint density at radius 2 is 1.86 bits per heavy atom. The fourth-order valence-corrected chi connectivity index (χ4v) is 0. The maximum atomic E-state index is 9.21. The third-order valence-electron chi connectivity index (χ3n) is 0.122. The van der Waals surface area contributed by atoms with Crippen LogP contribution >= 0.6 is 0 Å². The smallest absolute Gasteiger partial charge is 1.00 e. The zero-order chi connectivity index (χ0) is 5.21. The van der Waals surface area contributed by atoms with Gasteiger partial charge >= 0.3 is 48.1 Å². The number of hydrogen-bond acceptors (Lipinski definition) is 4. The predicted molar refractivity (Wildman–Crippen MR) is 24.8 cm³/mol. The van der Waals surface area contributed by atoms with Crippen molar-refractivity contribution < 1.29 is 20.1 Å². The zero-order valence-electron chi connectivity index (χ0n) is 5.36. The minimum absolute atomic E-state index is 0.